The highest BCUT2D eigenvalue weighted by Gasteiger charge is 2.35. The van der Waals surface area contributed by atoms with Gasteiger partial charge in [0.1, 0.15) is 6.04 Å². The van der Waals surface area contributed by atoms with Crippen LogP contribution in [0.5, 0.6) is 11.5 Å². The number of carbonyl (C=O) groups is 2. The molecule has 0 aliphatic carbocycles. The topological polar surface area (TPSA) is 91.7 Å². The van der Waals surface area contributed by atoms with E-state index in [1.165, 1.54) is 42.0 Å². The van der Waals surface area contributed by atoms with Crippen LogP contribution >= 0.6 is 11.8 Å². The molecule has 0 radical (unpaired) electrons. The Bertz CT molecular complexity index is 979. The van der Waals surface area contributed by atoms with Crippen molar-refractivity contribution < 1.29 is 27.8 Å². The molecule has 1 saturated heterocycles. The molecule has 10 heteroatoms. The van der Waals surface area contributed by atoms with E-state index < -0.39 is 18.6 Å². The summed E-state index contributed by atoms with van der Waals surface area (Å²) in [6.07, 6.45) is 0. The summed E-state index contributed by atoms with van der Waals surface area (Å²) in [7, 11) is 1.28. The summed E-state index contributed by atoms with van der Waals surface area (Å²) in [5.41, 5.74) is 1.17. The highest BCUT2D eigenvalue weighted by molar-refractivity contribution is 7.99. The van der Waals surface area contributed by atoms with Crippen molar-refractivity contribution in [2.24, 2.45) is 0 Å². The second-order valence-corrected chi connectivity index (χ2v) is 7.21. The fourth-order valence-electron chi connectivity index (χ4n) is 2.87. The minimum Gasteiger partial charge on any atom is -0.493 e. The van der Waals surface area contributed by atoms with E-state index in [0.717, 1.165) is 0 Å². The molecule has 1 atom stereocenters. The van der Waals surface area contributed by atoms with E-state index in [9.17, 15) is 18.4 Å². The smallest absolute Gasteiger partial charge is 0.387 e. The Morgan fingerprint density at radius 2 is 1.97 bits per heavy atom. The molecule has 1 unspecified atom stereocenters. The highest BCUT2D eigenvalue weighted by Crippen LogP contribution is 2.31. The number of alkyl halides is 2. The van der Waals surface area contributed by atoms with Crippen LogP contribution in [0.4, 0.5) is 14.5 Å². The molecule has 7 nitrogen and oxygen atoms in total. The number of nitrogens with one attached hydrogen (secondary N) is 1. The van der Waals surface area contributed by atoms with E-state index in [0.29, 0.717) is 22.9 Å². The fraction of sp³-hybridized carbons (Fsp3) is 0.250. The molecule has 1 N–H and O–H groups in total. The van der Waals surface area contributed by atoms with Crippen molar-refractivity contribution in [1.29, 1.82) is 5.26 Å². The first kappa shape index (κ1) is 21.4. The molecule has 1 aliphatic heterocycles. The van der Waals surface area contributed by atoms with Gasteiger partial charge in [0.2, 0.25) is 5.91 Å². The average molecular weight is 433 g/mol. The van der Waals surface area contributed by atoms with Gasteiger partial charge in [0.05, 0.1) is 24.6 Å². The van der Waals surface area contributed by atoms with Gasteiger partial charge in [-0.05, 0) is 42.5 Å². The predicted octanol–water partition coefficient (Wildman–Crippen LogP) is 3.32. The number of anilines is 1. The number of halogens is 2. The van der Waals surface area contributed by atoms with E-state index in [1.54, 1.807) is 24.3 Å². The van der Waals surface area contributed by atoms with Crippen LogP contribution < -0.4 is 14.8 Å². The molecule has 0 saturated carbocycles. The Balaban J connectivity index is 1.74. The third-order valence-corrected chi connectivity index (χ3v) is 5.37. The zero-order valence-corrected chi connectivity index (χ0v) is 16.6. The lowest BCUT2D eigenvalue weighted by atomic mass is 10.1. The Hall–Kier alpha value is -3.32. The number of nitrogens with zero attached hydrogens (tertiary/aromatic N) is 2. The summed E-state index contributed by atoms with van der Waals surface area (Å²) in [5.74, 6) is -0.259. The maximum atomic E-state index is 13.0. The average Bonchev–Trinajstić information content (AvgIpc) is 3.23. The van der Waals surface area contributed by atoms with Crippen LogP contribution in [0, 0.1) is 11.3 Å². The number of ether oxygens (including phenoxy) is 2. The largest absolute Gasteiger partial charge is 0.493 e. The summed E-state index contributed by atoms with van der Waals surface area (Å²) >= 11 is 1.43. The minimum absolute atomic E-state index is 0.00779. The summed E-state index contributed by atoms with van der Waals surface area (Å²) in [4.78, 5) is 27.1. The van der Waals surface area contributed by atoms with Gasteiger partial charge >= 0.3 is 6.61 Å². The molecule has 30 heavy (non-hydrogen) atoms. The van der Waals surface area contributed by atoms with Gasteiger partial charge < -0.3 is 19.7 Å². The number of rotatable bonds is 6. The second kappa shape index (κ2) is 9.45. The lowest BCUT2D eigenvalue weighted by Gasteiger charge is -2.23. The molecular weight excluding hydrogens is 416 g/mol. The third kappa shape index (κ3) is 4.80. The highest BCUT2D eigenvalue weighted by atomic mass is 32.2. The van der Waals surface area contributed by atoms with Crippen molar-refractivity contribution in [2.45, 2.75) is 12.7 Å². The number of methoxy groups -OCH3 is 1. The van der Waals surface area contributed by atoms with E-state index in [1.807, 2.05) is 6.07 Å². The zero-order valence-electron chi connectivity index (χ0n) is 15.8. The summed E-state index contributed by atoms with van der Waals surface area (Å²) in [6.45, 7) is -3.02. The number of nitriles is 1. The molecule has 1 fully saturated rings. The minimum atomic E-state index is -3.02. The summed E-state index contributed by atoms with van der Waals surface area (Å²) < 4.78 is 34.4. The van der Waals surface area contributed by atoms with Gasteiger partial charge in [-0.1, -0.05) is 0 Å². The SMILES string of the molecule is COc1cc(C(=O)N2CSCC2C(=O)Nc2ccc(C#N)cc2)ccc1OC(F)F. The second-order valence-electron chi connectivity index (χ2n) is 6.21. The molecule has 0 bridgehead atoms. The summed E-state index contributed by atoms with van der Waals surface area (Å²) in [5, 5.41) is 11.6. The molecule has 0 aromatic heterocycles. The standard InChI is InChI=1S/C20H17F2N3O4S/c1-28-17-8-13(4-7-16(17)29-20(21)22)19(27)25-11-30-10-15(25)18(26)24-14-5-2-12(9-23)3-6-14/h2-8,15,20H,10-11H2,1H3,(H,24,26). The maximum Gasteiger partial charge on any atom is 0.387 e. The number of hydrogen-bond donors (Lipinski definition) is 1. The first-order valence-corrected chi connectivity index (χ1v) is 9.91. The van der Waals surface area contributed by atoms with Crippen LogP contribution in [0.2, 0.25) is 0 Å². The van der Waals surface area contributed by atoms with Crippen molar-refractivity contribution in [3.63, 3.8) is 0 Å². The van der Waals surface area contributed by atoms with E-state index >= 15 is 0 Å². The lowest BCUT2D eigenvalue weighted by molar-refractivity contribution is -0.119. The monoisotopic (exact) mass is 433 g/mol. The molecular formula is C20H17F2N3O4S. The number of carbonyl (C=O) groups excluding carboxylic acids is 2. The van der Waals surface area contributed by atoms with Gasteiger partial charge in [-0.3, -0.25) is 9.59 Å². The molecule has 156 valence electrons. The predicted molar refractivity (Wildman–Crippen MR) is 107 cm³/mol. The number of hydrogen-bond acceptors (Lipinski definition) is 6. The van der Waals surface area contributed by atoms with E-state index in [2.05, 4.69) is 10.1 Å². The van der Waals surface area contributed by atoms with Gasteiger partial charge in [-0.15, -0.1) is 11.8 Å². The van der Waals surface area contributed by atoms with Gasteiger partial charge in [0, 0.05) is 17.0 Å². The van der Waals surface area contributed by atoms with Gasteiger partial charge in [0.15, 0.2) is 11.5 Å². The van der Waals surface area contributed by atoms with E-state index in [-0.39, 0.29) is 23.0 Å². The molecule has 0 spiro atoms. The molecule has 3 rings (SSSR count). The lowest BCUT2D eigenvalue weighted by Crippen LogP contribution is -2.44. The van der Waals surface area contributed by atoms with Gasteiger partial charge in [-0.25, -0.2) is 0 Å². The Morgan fingerprint density at radius 3 is 2.60 bits per heavy atom. The fourth-order valence-corrected chi connectivity index (χ4v) is 4.03. The quantitative estimate of drug-likeness (QED) is 0.752. The number of benzene rings is 2. The van der Waals surface area contributed by atoms with Crippen LogP contribution in [0.3, 0.4) is 0 Å². The first-order valence-electron chi connectivity index (χ1n) is 8.75. The van der Waals surface area contributed by atoms with Crippen molar-refractivity contribution in [3.05, 3.63) is 53.6 Å². The molecule has 1 aliphatic rings. The van der Waals surface area contributed by atoms with Crippen LogP contribution in [0.25, 0.3) is 0 Å². The molecule has 2 amide bonds. The zero-order chi connectivity index (χ0) is 21.7. The van der Waals surface area contributed by atoms with Crippen molar-refractivity contribution in [3.8, 4) is 17.6 Å². The first-order chi connectivity index (χ1) is 14.4. The number of thioether (sulfide) groups is 1. The number of amides is 2. The maximum absolute atomic E-state index is 13.0. The van der Waals surface area contributed by atoms with Crippen LogP contribution in [0.1, 0.15) is 15.9 Å². The van der Waals surface area contributed by atoms with Crippen LogP contribution in [0.15, 0.2) is 42.5 Å². The van der Waals surface area contributed by atoms with Crippen molar-refractivity contribution in [1.82, 2.24) is 4.90 Å². The normalized spacial score (nSPS) is 15.6. The molecule has 2 aromatic carbocycles. The van der Waals surface area contributed by atoms with E-state index in [4.69, 9.17) is 10.00 Å². The van der Waals surface area contributed by atoms with Gasteiger partial charge in [0.25, 0.3) is 5.91 Å². The molecule has 2 aromatic rings. The van der Waals surface area contributed by atoms with Crippen LogP contribution in [-0.2, 0) is 4.79 Å². The molecule has 1 heterocycles. The summed E-state index contributed by atoms with van der Waals surface area (Å²) in [6, 6.07) is 11.5. The van der Waals surface area contributed by atoms with Crippen molar-refractivity contribution >= 4 is 29.3 Å². The third-order valence-electron chi connectivity index (χ3n) is 4.35. The Kier molecular flexibility index (Phi) is 6.74. The van der Waals surface area contributed by atoms with Gasteiger partial charge in [-0.2, -0.15) is 14.0 Å². The van der Waals surface area contributed by atoms with Crippen LogP contribution in [-0.4, -0.2) is 48.1 Å². The Labute approximate surface area is 175 Å². The Morgan fingerprint density at radius 1 is 1.23 bits per heavy atom. The van der Waals surface area contributed by atoms with Crippen molar-refractivity contribution in [2.75, 3.05) is 24.1 Å².